The van der Waals surface area contributed by atoms with Gasteiger partial charge in [0.05, 0.1) is 0 Å². The first-order chi connectivity index (χ1) is 5.29. The monoisotopic (exact) mass is 164 g/mol. The van der Waals surface area contributed by atoms with E-state index in [-0.39, 0.29) is 0 Å². The Bertz CT molecular complexity index is 364. The molecule has 1 aromatic rings. The van der Waals surface area contributed by atoms with Crippen LogP contribution in [0.15, 0.2) is 6.08 Å². The lowest BCUT2D eigenvalue weighted by atomic mass is 10.1. The first-order valence-electron chi connectivity index (χ1n) is 2.93. The predicted molar refractivity (Wildman–Crippen MR) is 39.3 cm³/mol. The highest BCUT2D eigenvalue weighted by molar-refractivity contribution is 7.09. The molecule has 1 aliphatic rings. The van der Waals surface area contributed by atoms with Crippen LogP contribution in [0.2, 0.25) is 0 Å². The average Bonchev–Trinajstić information content (AvgIpc) is 2.45. The quantitative estimate of drug-likeness (QED) is 0.531. The summed E-state index contributed by atoms with van der Waals surface area (Å²) in [6.07, 6.45) is 5.42. The zero-order valence-corrected chi connectivity index (χ0v) is 6.14. The summed E-state index contributed by atoms with van der Waals surface area (Å²) in [7, 11) is 0. The molecule has 2 rings (SSSR count). The minimum atomic E-state index is -0.477. The second-order valence-corrected chi connectivity index (χ2v) is 2.84. The van der Waals surface area contributed by atoms with Crippen molar-refractivity contribution in [2.45, 2.75) is 0 Å². The van der Waals surface area contributed by atoms with Crippen LogP contribution in [-0.4, -0.2) is 15.9 Å². The van der Waals surface area contributed by atoms with Gasteiger partial charge in [0.15, 0.2) is 0 Å². The van der Waals surface area contributed by atoms with Gasteiger partial charge in [0.1, 0.15) is 11.1 Å². The van der Waals surface area contributed by atoms with Crippen LogP contribution in [0, 0.1) is 6.20 Å². The summed E-state index contributed by atoms with van der Waals surface area (Å²) < 4.78 is 3.68. The standard InChI is InChI=1S/C7H2NO2S/c9-5-2-1-4-3-8-11-7(4)6(5)10/h1-2H. The second kappa shape index (κ2) is 2.10. The van der Waals surface area contributed by atoms with E-state index >= 15 is 0 Å². The Hall–Kier alpha value is -1.29. The van der Waals surface area contributed by atoms with Gasteiger partial charge in [-0.05, 0) is 23.7 Å². The first-order valence-corrected chi connectivity index (χ1v) is 3.70. The van der Waals surface area contributed by atoms with Crippen molar-refractivity contribution in [2.75, 3.05) is 0 Å². The van der Waals surface area contributed by atoms with Gasteiger partial charge in [-0.25, -0.2) is 0 Å². The molecule has 1 radical (unpaired) electrons. The number of nitrogens with zero attached hydrogens (tertiary/aromatic N) is 1. The molecule has 11 heavy (non-hydrogen) atoms. The number of carbonyl (C=O) groups is 2. The van der Waals surface area contributed by atoms with Crippen LogP contribution in [0.3, 0.4) is 0 Å². The lowest BCUT2D eigenvalue weighted by Crippen LogP contribution is -2.13. The fraction of sp³-hybridized carbons (Fsp3) is 0. The third-order valence-corrected chi connectivity index (χ3v) is 2.15. The van der Waals surface area contributed by atoms with Crippen LogP contribution in [0.1, 0.15) is 15.2 Å². The lowest BCUT2D eigenvalue weighted by molar-refractivity contribution is -0.110. The Morgan fingerprint density at radius 3 is 3.00 bits per heavy atom. The highest BCUT2D eigenvalue weighted by atomic mass is 32.1. The summed E-state index contributed by atoms with van der Waals surface area (Å²) >= 11 is 1.01. The van der Waals surface area contributed by atoms with Gasteiger partial charge in [-0.2, -0.15) is 4.37 Å². The largest absolute Gasteiger partial charge is 0.286 e. The van der Waals surface area contributed by atoms with E-state index in [2.05, 4.69) is 10.6 Å². The van der Waals surface area contributed by atoms with Gasteiger partial charge in [0, 0.05) is 5.56 Å². The molecular weight excluding hydrogens is 162 g/mol. The molecule has 0 amide bonds. The molecule has 1 aliphatic carbocycles. The van der Waals surface area contributed by atoms with Gasteiger partial charge >= 0.3 is 0 Å². The Morgan fingerprint density at radius 1 is 1.36 bits per heavy atom. The number of allylic oxidation sites excluding steroid dienone is 1. The number of rotatable bonds is 0. The Labute approximate surface area is 66.5 Å². The maximum Gasteiger partial charge on any atom is 0.245 e. The summed E-state index contributed by atoms with van der Waals surface area (Å²) in [6.45, 7) is 0. The fourth-order valence-electron chi connectivity index (χ4n) is 0.841. The van der Waals surface area contributed by atoms with Crippen molar-refractivity contribution in [1.29, 1.82) is 0 Å². The van der Waals surface area contributed by atoms with Crippen molar-refractivity contribution in [1.82, 2.24) is 4.37 Å². The van der Waals surface area contributed by atoms with Crippen molar-refractivity contribution in [3.8, 4) is 0 Å². The van der Waals surface area contributed by atoms with Crippen LogP contribution in [0.5, 0.6) is 0 Å². The molecule has 0 fully saturated rings. The summed E-state index contributed by atoms with van der Waals surface area (Å²) in [6, 6.07) is 0. The molecule has 53 valence electrons. The Balaban J connectivity index is 2.66. The van der Waals surface area contributed by atoms with Crippen LogP contribution >= 0.6 is 11.5 Å². The van der Waals surface area contributed by atoms with E-state index in [9.17, 15) is 9.59 Å². The Kier molecular flexibility index (Phi) is 1.22. The second-order valence-electron chi connectivity index (χ2n) is 2.06. The summed E-state index contributed by atoms with van der Waals surface area (Å²) in [5.74, 6) is -0.948. The summed E-state index contributed by atoms with van der Waals surface area (Å²) in [5, 5.41) is 0. The maximum absolute atomic E-state index is 11.0. The van der Waals surface area contributed by atoms with E-state index in [0.29, 0.717) is 10.4 Å². The molecule has 3 nitrogen and oxygen atoms in total. The van der Waals surface area contributed by atoms with Crippen molar-refractivity contribution in [3.05, 3.63) is 22.7 Å². The first kappa shape index (κ1) is 6.42. The fourth-order valence-corrected chi connectivity index (χ4v) is 1.47. The summed E-state index contributed by atoms with van der Waals surface area (Å²) in [5.41, 5.74) is 0.625. The number of Topliss-reactive ketones (excluding diaryl/α,β-unsaturated/α-hetero) is 1. The molecule has 0 spiro atoms. The smallest absolute Gasteiger partial charge is 0.245 e. The van der Waals surface area contributed by atoms with Gasteiger partial charge in [-0.3, -0.25) is 9.59 Å². The van der Waals surface area contributed by atoms with Crippen LogP contribution in [0.4, 0.5) is 0 Å². The van der Waals surface area contributed by atoms with E-state index in [1.165, 1.54) is 6.08 Å². The molecule has 0 unspecified atom stereocenters. The number of ketones is 2. The number of carbonyl (C=O) groups excluding carboxylic acids is 2. The lowest BCUT2D eigenvalue weighted by Gasteiger charge is -1.98. The van der Waals surface area contributed by atoms with E-state index in [1.807, 2.05) is 0 Å². The van der Waals surface area contributed by atoms with Crippen molar-refractivity contribution >= 4 is 29.2 Å². The van der Waals surface area contributed by atoms with Crippen LogP contribution in [-0.2, 0) is 4.79 Å². The average molecular weight is 164 g/mol. The third-order valence-electron chi connectivity index (χ3n) is 1.38. The normalized spacial score (nSPS) is 15.3. The van der Waals surface area contributed by atoms with Crippen LogP contribution in [0.25, 0.3) is 6.08 Å². The molecule has 1 aromatic heterocycles. The van der Waals surface area contributed by atoms with E-state index in [4.69, 9.17) is 0 Å². The molecule has 0 aliphatic heterocycles. The molecule has 0 bridgehead atoms. The molecular formula is C7H2NO2S. The zero-order valence-electron chi connectivity index (χ0n) is 5.33. The van der Waals surface area contributed by atoms with Gasteiger partial charge in [-0.15, -0.1) is 0 Å². The Morgan fingerprint density at radius 2 is 2.18 bits per heavy atom. The molecule has 0 aromatic carbocycles. The molecule has 0 atom stereocenters. The van der Waals surface area contributed by atoms with Gasteiger partial charge in [-0.1, -0.05) is 0 Å². The number of aromatic nitrogens is 1. The van der Waals surface area contributed by atoms with Crippen molar-refractivity contribution in [2.24, 2.45) is 0 Å². The van der Waals surface area contributed by atoms with Gasteiger partial charge < -0.3 is 0 Å². The molecule has 0 N–H and O–H groups in total. The molecule has 0 saturated heterocycles. The van der Waals surface area contributed by atoms with Gasteiger partial charge in [0.2, 0.25) is 11.6 Å². The minimum Gasteiger partial charge on any atom is -0.286 e. The maximum atomic E-state index is 11.0. The van der Waals surface area contributed by atoms with Crippen LogP contribution < -0.4 is 0 Å². The number of fused-ring (bicyclic) bond motifs is 1. The molecule has 0 saturated carbocycles. The van der Waals surface area contributed by atoms with E-state index < -0.39 is 11.6 Å². The van der Waals surface area contributed by atoms with Gasteiger partial charge in [0.25, 0.3) is 0 Å². The minimum absolute atomic E-state index is 0.400. The molecule has 1 heterocycles. The molecule has 4 heteroatoms. The number of hydrogen-bond donors (Lipinski definition) is 0. The van der Waals surface area contributed by atoms with E-state index in [0.717, 1.165) is 11.5 Å². The SMILES string of the molecule is O=C1C=Cc2[c]nsc2C1=O. The van der Waals surface area contributed by atoms with E-state index in [1.54, 1.807) is 6.08 Å². The predicted octanol–water partition coefficient (Wildman–Crippen LogP) is 0.722. The highest BCUT2D eigenvalue weighted by Gasteiger charge is 2.22. The third kappa shape index (κ3) is 0.832. The zero-order chi connectivity index (χ0) is 7.84. The highest BCUT2D eigenvalue weighted by Crippen LogP contribution is 2.19. The number of hydrogen-bond acceptors (Lipinski definition) is 4. The van der Waals surface area contributed by atoms with Crippen molar-refractivity contribution in [3.63, 3.8) is 0 Å². The van der Waals surface area contributed by atoms with Crippen molar-refractivity contribution < 1.29 is 9.59 Å². The summed E-state index contributed by atoms with van der Waals surface area (Å²) in [4.78, 5) is 22.2. The topological polar surface area (TPSA) is 47.0 Å².